The van der Waals surface area contributed by atoms with E-state index >= 15 is 4.39 Å². The lowest BCUT2D eigenvalue weighted by Gasteiger charge is -2.24. The number of nitrogens with one attached hydrogen (secondary N) is 2. The number of methoxy groups -OCH3 is 1. The summed E-state index contributed by atoms with van der Waals surface area (Å²) < 4.78 is 69.5. The van der Waals surface area contributed by atoms with Gasteiger partial charge >= 0.3 is 6.18 Å². The molecule has 2 amide bonds. The second-order valence-corrected chi connectivity index (χ2v) is 10.9. The molecule has 8 nitrogen and oxygen atoms in total. The number of rotatable bonds is 7. The van der Waals surface area contributed by atoms with Crippen LogP contribution in [-0.2, 0) is 15.7 Å². The van der Waals surface area contributed by atoms with E-state index in [0.29, 0.717) is 23.4 Å². The van der Waals surface area contributed by atoms with E-state index in [-0.39, 0.29) is 41.8 Å². The van der Waals surface area contributed by atoms with Crippen molar-refractivity contribution in [1.29, 1.82) is 0 Å². The van der Waals surface area contributed by atoms with Crippen LogP contribution in [0.5, 0.6) is 5.75 Å². The number of carbonyl (C=O) groups is 2. The molecule has 0 bridgehead atoms. The van der Waals surface area contributed by atoms with Crippen LogP contribution in [-0.4, -0.2) is 55.8 Å². The highest BCUT2D eigenvalue weighted by atomic mass is 35.5. The van der Waals surface area contributed by atoms with Crippen molar-refractivity contribution in [3.63, 3.8) is 0 Å². The van der Waals surface area contributed by atoms with Gasteiger partial charge in [-0.15, -0.1) is 9.24 Å². The number of hydrogen-bond donors (Lipinski definition) is 2. The third kappa shape index (κ3) is 6.02. The van der Waals surface area contributed by atoms with Gasteiger partial charge < -0.3 is 20.1 Å². The van der Waals surface area contributed by atoms with Crippen LogP contribution in [0.3, 0.4) is 0 Å². The molecule has 3 aromatic rings. The highest BCUT2D eigenvalue weighted by Crippen LogP contribution is 2.44. The summed E-state index contributed by atoms with van der Waals surface area (Å²) in [5, 5.41) is 6.16. The number of ether oxygens (including phenoxy) is 2. The van der Waals surface area contributed by atoms with E-state index in [2.05, 4.69) is 24.9 Å². The lowest BCUT2D eigenvalue weighted by atomic mass is 9.93. The van der Waals surface area contributed by atoms with Crippen LogP contribution in [0, 0.1) is 5.82 Å². The largest absolute Gasteiger partial charge is 0.497 e. The number of carbonyl (C=O) groups excluding carboxylic acids is 2. The third-order valence-electron chi connectivity index (χ3n) is 7.21. The molecule has 42 heavy (non-hydrogen) atoms. The first kappa shape index (κ1) is 30.0. The minimum Gasteiger partial charge on any atom is -0.497 e. The summed E-state index contributed by atoms with van der Waals surface area (Å²) in [5.74, 6) is -3.82. The average molecular weight is 625 g/mol. The van der Waals surface area contributed by atoms with E-state index in [1.165, 1.54) is 49.7 Å². The van der Waals surface area contributed by atoms with Gasteiger partial charge in [0, 0.05) is 47.5 Å². The molecule has 0 aliphatic carbocycles. The van der Waals surface area contributed by atoms with Crippen LogP contribution in [0.2, 0.25) is 5.02 Å². The van der Waals surface area contributed by atoms with Crippen molar-refractivity contribution in [2.75, 3.05) is 37.1 Å². The number of anilines is 2. The summed E-state index contributed by atoms with van der Waals surface area (Å²) in [6.07, 6.45) is -3.23. The molecule has 2 fully saturated rings. The van der Waals surface area contributed by atoms with Crippen LogP contribution in [0.15, 0.2) is 48.7 Å². The molecule has 1 aromatic heterocycles. The Balaban J connectivity index is 1.58. The van der Waals surface area contributed by atoms with Gasteiger partial charge in [-0.05, 0) is 48.1 Å². The second kappa shape index (κ2) is 12.0. The van der Waals surface area contributed by atoms with Crippen LogP contribution in [0.1, 0.15) is 33.8 Å². The molecule has 2 aliphatic heterocycles. The maximum absolute atomic E-state index is 15.5. The molecule has 2 unspecified atom stereocenters. The first-order valence-electron chi connectivity index (χ1n) is 12.9. The maximum Gasteiger partial charge on any atom is 0.421 e. The van der Waals surface area contributed by atoms with Crippen molar-refractivity contribution in [2.45, 2.75) is 30.6 Å². The first-order chi connectivity index (χ1) is 20.0. The van der Waals surface area contributed by atoms with Crippen molar-refractivity contribution in [1.82, 2.24) is 10.3 Å². The zero-order valence-corrected chi connectivity index (χ0v) is 24.1. The number of amides is 2. The molecule has 14 heteroatoms. The van der Waals surface area contributed by atoms with Crippen molar-refractivity contribution < 1.29 is 36.6 Å². The number of halogens is 5. The van der Waals surface area contributed by atoms with Gasteiger partial charge in [-0.2, -0.15) is 13.2 Å². The highest BCUT2D eigenvalue weighted by Gasteiger charge is 2.48. The van der Waals surface area contributed by atoms with Gasteiger partial charge in [-0.1, -0.05) is 11.6 Å². The van der Waals surface area contributed by atoms with E-state index in [9.17, 15) is 22.8 Å². The molecule has 5 rings (SSSR count). The SMILES string of the molecule is COc1cc(F)c([C@@H]2CN(c3nccc(NC4CCOC4)c3C(F)(F)F)C(=O)[C@H]2NC(=O)c2ccc(Cl)cc2)c(P)c1. The molecule has 222 valence electrons. The van der Waals surface area contributed by atoms with Crippen LogP contribution in [0.25, 0.3) is 0 Å². The smallest absolute Gasteiger partial charge is 0.421 e. The lowest BCUT2D eigenvalue weighted by molar-refractivity contribution is -0.136. The molecule has 4 atom stereocenters. The van der Waals surface area contributed by atoms with E-state index in [1.807, 2.05) is 0 Å². The molecule has 3 heterocycles. The van der Waals surface area contributed by atoms with E-state index in [0.717, 1.165) is 11.0 Å². The Labute approximate surface area is 245 Å². The zero-order valence-electron chi connectivity index (χ0n) is 22.2. The van der Waals surface area contributed by atoms with Crippen molar-refractivity contribution in [2.24, 2.45) is 0 Å². The van der Waals surface area contributed by atoms with Gasteiger partial charge in [0.05, 0.1) is 25.4 Å². The Bertz CT molecular complexity index is 1480. The molecule has 0 radical (unpaired) electrons. The van der Waals surface area contributed by atoms with Gasteiger partial charge in [0.1, 0.15) is 29.0 Å². The molecule has 2 saturated heterocycles. The fourth-order valence-corrected chi connectivity index (χ4v) is 5.86. The first-order valence-corrected chi connectivity index (χ1v) is 13.8. The van der Waals surface area contributed by atoms with Crippen molar-refractivity contribution in [3.05, 3.63) is 76.2 Å². The van der Waals surface area contributed by atoms with Crippen LogP contribution >= 0.6 is 20.8 Å². The van der Waals surface area contributed by atoms with Crippen LogP contribution in [0.4, 0.5) is 29.1 Å². The Hall–Kier alpha value is -3.47. The number of alkyl halides is 3. The van der Waals surface area contributed by atoms with E-state index < -0.39 is 47.1 Å². The topological polar surface area (TPSA) is 92.8 Å². The number of hydrogen-bond acceptors (Lipinski definition) is 6. The molecular formula is C28H26ClF4N4O4P. The molecule has 2 aliphatic rings. The Kier molecular flexibility index (Phi) is 8.59. The Morgan fingerprint density at radius 1 is 1.21 bits per heavy atom. The molecule has 0 spiro atoms. The monoisotopic (exact) mass is 624 g/mol. The number of aromatic nitrogens is 1. The summed E-state index contributed by atoms with van der Waals surface area (Å²) in [5.41, 5.74) is -1.22. The fraction of sp³-hybridized carbons (Fsp3) is 0.321. The summed E-state index contributed by atoms with van der Waals surface area (Å²) in [4.78, 5) is 31.9. The van der Waals surface area contributed by atoms with Gasteiger partial charge in [0.15, 0.2) is 0 Å². The molecular weight excluding hydrogens is 599 g/mol. The normalized spacial score (nSPS) is 20.6. The van der Waals surface area contributed by atoms with Crippen LogP contribution < -0.4 is 25.6 Å². The summed E-state index contributed by atoms with van der Waals surface area (Å²) in [6, 6.07) is 7.87. The number of nitrogens with zero attached hydrogens (tertiary/aromatic N) is 2. The predicted molar refractivity (Wildman–Crippen MR) is 152 cm³/mol. The minimum absolute atomic E-state index is 0.0315. The van der Waals surface area contributed by atoms with Crippen molar-refractivity contribution in [3.8, 4) is 5.75 Å². The maximum atomic E-state index is 15.5. The zero-order chi connectivity index (χ0) is 30.2. The predicted octanol–water partition coefficient (Wildman–Crippen LogP) is 4.53. The van der Waals surface area contributed by atoms with Gasteiger partial charge in [0.2, 0.25) is 0 Å². The molecule has 0 saturated carbocycles. The molecule has 2 aromatic carbocycles. The fourth-order valence-electron chi connectivity index (χ4n) is 5.21. The average Bonchev–Trinajstić information content (AvgIpc) is 3.56. The van der Waals surface area contributed by atoms with Gasteiger partial charge in [0.25, 0.3) is 11.8 Å². The minimum atomic E-state index is -4.90. The van der Waals surface area contributed by atoms with E-state index in [4.69, 9.17) is 21.1 Å². The van der Waals surface area contributed by atoms with Gasteiger partial charge in [-0.25, -0.2) is 9.37 Å². The highest BCUT2D eigenvalue weighted by molar-refractivity contribution is 7.27. The lowest BCUT2D eigenvalue weighted by Crippen LogP contribution is -2.44. The quantitative estimate of drug-likeness (QED) is 0.297. The van der Waals surface area contributed by atoms with E-state index in [1.54, 1.807) is 0 Å². The summed E-state index contributed by atoms with van der Waals surface area (Å²) in [7, 11) is 3.71. The second-order valence-electron chi connectivity index (χ2n) is 9.89. The Morgan fingerprint density at radius 3 is 2.57 bits per heavy atom. The Morgan fingerprint density at radius 2 is 1.95 bits per heavy atom. The number of benzene rings is 2. The number of pyridine rings is 1. The standard InChI is InChI=1S/C28H26ClF4N4O4P/c1-40-17-10-19(30)22(21(42)11-17)18-12-37(27(39)24(18)36-26(38)14-2-4-15(29)5-3-14)25-23(28(31,32)33)20(6-8-34-25)35-16-7-9-41-13-16/h2-6,8,10-11,16,18,24H,7,9,12-13,42H2,1H3,(H,34,35)(H,36,38)/t16?,18-,24-/m0/s1. The summed E-state index contributed by atoms with van der Waals surface area (Å²) >= 11 is 5.92. The van der Waals surface area contributed by atoms with Gasteiger partial charge in [-0.3, -0.25) is 14.5 Å². The molecule has 2 N–H and O–H groups in total. The summed E-state index contributed by atoms with van der Waals surface area (Å²) in [6.45, 7) is 0.246. The van der Waals surface area contributed by atoms with Crippen molar-refractivity contribution >= 4 is 49.5 Å². The third-order valence-corrected chi connectivity index (χ3v) is 7.94.